The molecule has 0 spiro atoms. The molecule has 0 amide bonds. The van der Waals surface area contributed by atoms with E-state index in [1.54, 1.807) is 18.2 Å². The van der Waals surface area contributed by atoms with Crippen LogP contribution in [-0.2, 0) is 10.0 Å². The highest BCUT2D eigenvalue weighted by Crippen LogP contribution is 2.24. The van der Waals surface area contributed by atoms with Crippen molar-refractivity contribution in [3.05, 3.63) is 78.1 Å². The van der Waals surface area contributed by atoms with Crippen LogP contribution in [0.25, 0.3) is 5.57 Å². The van der Waals surface area contributed by atoms with E-state index in [9.17, 15) is 13.2 Å². The maximum absolute atomic E-state index is 12.4. The Morgan fingerprint density at radius 2 is 1.77 bits per heavy atom. The molecule has 26 heavy (non-hydrogen) atoms. The second-order valence-electron chi connectivity index (χ2n) is 5.66. The van der Waals surface area contributed by atoms with E-state index >= 15 is 0 Å². The van der Waals surface area contributed by atoms with E-state index in [-0.39, 0.29) is 16.6 Å². The van der Waals surface area contributed by atoms with Crippen molar-refractivity contribution in [2.45, 2.75) is 25.9 Å². The second kappa shape index (κ2) is 8.01. The highest BCUT2D eigenvalue weighted by molar-refractivity contribution is 7.92. The van der Waals surface area contributed by atoms with E-state index in [4.69, 9.17) is 4.42 Å². The SMILES string of the molecule is C=C/C(=C(C)\C=C/C)c1ccc(NS(=O)(=O)c2ccc(C(C)=O)o2)cc1. The summed E-state index contributed by atoms with van der Waals surface area (Å²) < 4.78 is 32.2. The number of hydrogen-bond donors (Lipinski definition) is 1. The van der Waals surface area contributed by atoms with Gasteiger partial charge in [-0.05, 0) is 54.8 Å². The Bertz CT molecular complexity index is 977. The van der Waals surface area contributed by atoms with Crippen LogP contribution in [0.1, 0.15) is 36.9 Å². The van der Waals surface area contributed by atoms with E-state index in [1.165, 1.54) is 19.1 Å². The molecule has 0 saturated carbocycles. The molecule has 1 heterocycles. The number of sulfonamides is 1. The van der Waals surface area contributed by atoms with Crippen LogP contribution in [0.15, 0.2) is 76.3 Å². The Balaban J connectivity index is 2.27. The molecular weight excluding hydrogens is 350 g/mol. The Morgan fingerprint density at radius 1 is 1.12 bits per heavy atom. The summed E-state index contributed by atoms with van der Waals surface area (Å²) in [4.78, 5) is 11.2. The zero-order valence-electron chi connectivity index (χ0n) is 14.9. The molecule has 0 atom stereocenters. The van der Waals surface area contributed by atoms with Crippen molar-refractivity contribution >= 4 is 27.1 Å². The van der Waals surface area contributed by atoms with Gasteiger partial charge in [0, 0.05) is 12.6 Å². The van der Waals surface area contributed by atoms with Crippen LogP contribution in [0, 0.1) is 0 Å². The van der Waals surface area contributed by atoms with Crippen LogP contribution in [-0.4, -0.2) is 14.2 Å². The number of furan rings is 1. The third kappa shape index (κ3) is 4.40. The second-order valence-corrected chi connectivity index (χ2v) is 7.27. The summed E-state index contributed by atoms with van der Waals surface area (Å²) in [6.45, 7) is 9.06. The van der Waals surface area contributed by atoms with Crippen molar-refractivity contribution in [3.63, 3.8) is 0 Å². The molecular formula is C20H21NO4S. The fourth-order valence-electron chi connectivity index (χ4n) is 2.42. The Kier molecular flexibility index (Phi) is 6.00. The van der Waals surface area contributed by atoms with Gasteiger partial charge in [-0.2, -0.15) is 8.42 Å². The molecule has 1 aromatic heterocycles. The standard InChI is InChI=1S/C20H21NO4S/c1-5-7-14(3)18(6-2)16-8-10-17(11-9-16)21-26(23,24)20-13-12-19(25-20)15(4)22/h5-13,21H,2H2,1,3-4H3/b7-5-,18-14+. The van der Waals surface area contributed by atoms with Crippen molar-refractivity contribution in [3.8, 4) is 0 Å². The van der Waals surface area contributed by atoms with Crippen molar-refractivity contribution in [2.24, 2.45) is 0 Å². The molecule has 136 valence electrons. The lowest BCUT2D eigenvalue weighted by molar-refractivity contribution is 0.0982. The molecule has 5 nitrogen and oxygen atoms in total. The first-order chi connectivity index (χ1) is 12.3. The molecule has 0 fully saturated rings. The van der Waals surface area contributed by atoms with Gasteiger partial charge in [0.05, 0.1) is 0 Å². The van der Waals surface area contributed by atoms with Crippen molar-refractivity contribution in [2.75, 3.05) is 4.72 Å². The Labute approximate surface area is 153 Å². The number of Topliss-reactive ketones (excluding diaryl/α,β-unsaturated/α-hetero) is 1. The van der Waals surface area contributed by atoms with Crippen LogP contribution in [0.3, 0.4) is 0 Å². The lowest BCUT2D eigenvalue weighted by atomic mass is 10.0. The largest absolute Gasteiger partial charge is 0.440 e. The molecule has 1 N–H and O–H groups in total. The monoisotopic (exact) mass is 371 g/mol. The van der Waals surface area contributed by atoms with Crippen LogP contribution in [0.2, 0.25) is 0 Å². The smallest absolute Gasteiger partial charge is 0.295 e. The molecule has 2 rings (SSSR count). The number of benzene rings is 1. The van der Waals surface area contributed by atoms with E-state index in [1.807, 2.05) is 38.1 Å². The lowest BCUT2D eigenvalue weighted by Crippen LogP contribution is -2.12. The summed E-state index contributed by atoms with van der Waals surface area (Å²) in [7, 11) is -3.90. The summed E-state index contributed by atoms with van der Waals surface area (Å²) in [6, 6.07) is 9.54. The van der Waals surface area contributed by atoms with Crippen LogP contribution in [0.4, 0.5) is 5.69 Å². The number of nitrogens with one attached hydrogen (secondary N) is 1. The molecule has 0 aliphatic rings. The number of rotatable bonds is 7. The molecule has 0 unspecified atom stereocenters. The third-order valence-electron chi connectivity index (χ3n) is 3.69. The van der Waals surface area contributed by atoms with E-state index in [2.05, 4.69) is 11.3 Å². The minimum atomic E-state index is -3.90. The van der Waals surface area contributed by atoms with Crippen LogP contribution >= 0.6 is 0 Å². The minimum absolute atomic E-state index is 0.000869. The van der Waals surface area contributed by atoms with Crippen molar-refractivity contribution in [1.82, 2.24) is 0 Å². The maximum Gasteiger partial charge on any atom is 0.295 e. The van der Waals surface area contributed by atoms with Crippen LogP contribution in [0.5, 0.6) is 0 Å². The molecule has 2 aromatic rings. The highest BCUT2D eigenvalue weighted by atomic mass is 32.2. The first-order valence-electron chi connectivity index (χ1n) is 7.98. The van der Waals surface area contributed by atoms with Gasteiger partial charge in [0.15, 0.2) is 11.5 Å². The molecule has 0 bridgehead atoms. The van der Waals surface area contributed by atoms with Gasteiger partial charge in [-0.3, -0.25) is 9.52 Å². The zero-order valence-corrected chi connectivity index (χ0v) is 15.8. The molecule has 0 aliphatic carbocycles. The van der Waals surface area contributed by atoms with Gasteiger partial charge in [-0.1, -0.05) is 36.9 Å². The summed E-state index contributed by atoms with van der Waals surface area (Å²) in [5.74, 6) is -0.336. The number of carbonyl (C=O) groups is 1. The highest BCUT2D eigenvalue weighted by Gasteiger charge is 2.20. The average Bonchev–Trinajstić information content (AvgIpc) is 3.08. The molecule has 1 aromatic carbocycles. The van der Waals surface area contributed by atoms with Gasteiger partial charge >= 0.3 is 0 Å². The van der Waals surface area contributed by atoms with Gasteiger partial charge in [0.25, 0.3) is 10.0 Å². The van der Waals surface area contributed by atoms with Crippen molar-refractivity contribution in [1.29, 1.82) is 0 Å². The number of ketones is 1. The minimum Gasteiger partial charge on any atom is -0.440 e. The molecule has 0 radical (unpaired) electrons. The van der Waals surface area contributed by atoms with Gasteiger partial charge in [-0.15, -0.1) is 0 Å². The molecule has 0 saturated heterocycles. The Morgan fingerprint density at radius 3 is 2.27 bits per heavy atom. The first-order valence-corrected chi connectivity index (χ1v) is 9.47. The molecule has 0 aliphatic heterocycles. The van der Waals surface area contributed by atoms with E-state index in [0.717, 1.165) is 16.7 Å². The van der Waals surface area contributed by atoms with Crippen molar-refractivity contribution < 1.29 is 17.6 Å². The number of carbonyl (C=O) groups excluding carboxylic acids is 1. The number of allylic oxidation sites excluding steroid dienone is 5. The van der Waals surface area contributed by atoms with Gasteiger partial charge in [0.2, 0.25) is 5.09 Å². The number of anilines is 1. The van der Waals surface area contributed by atoms with E-state index < -0.39 is 10.0 Å². The quantitative estimate of drug-likeness (QED) is 0.559. The third-order valence-corrected chi connectivity index (χ3v) is 4.94. The normalized spacial score (nSPS) is 12.7. The maximum atomic E-state index is 12.4. The zero-order chi connectivity index (χ0) is 19.3. The average molecular weight is 371 g/mol. The van der Waals surface area contributed by atoms with E-state index in [0.29, 0.717) is 5.69 Å². The predicted octanol–water partition coefficient (Wildman–Crippen LogP) is 4.82. The van der Waals surface area contributed by atoms with Crippen LogP contribution < -0.4 is 4.72 Å². The summed E-state index contributed by atoms with van der Waals surface area (Å²) in [5.41, 5.74) is 3.34. The summed E-state index contributed by atoms with van der Waals surface area (Å²) in [6.07, 6.45) is 5.69. The fourth-order valence-corrected chi connectivity index (χ4v) is 3.42. The van der Waals surface area contributed by atoms with Gasteiger partial charge < -0.3 is 4.42 Å². The summed E-state index contributed by atoms with van der Waals surface area (Å²) >= 11 is 0. The molecule has 6 heteroatoms. The predicted molar refractivity (Wildman–Crippen MR) is 104 cm³/mol. The lowest BCUT2D eigenvalue weighted by Gasteiger charge is -2.09. The fraction of sp³-hybridized carbons (Fsp3) is 0.150. The van der Waals surface area contributed by atoms with Gasteiger partial charge in [0.1, 0.15) is 0 Å². The van der Waals surface area contributed by atoms with Gasteiger partial charge in [-0.25, -0.2) is 0 Å². The first kappa shape index (κ1) is 19.5. The number of hydrogen-bond acceptors (Lipinski definition) is 4. The summed E-state index contributed by atoms with van der Waals surface area (Å²) in [5, 5.41) is -0.303. The topological polar surface area (TPSA) is 76.4 Å². The Hall–Kier alpha value is -2.86.